The summed E-state index contributed by atoms with van der Waals surface area (Å²) in [4.78, 5) is 25.4. The van der Waals surface area contributed by atoms with Crippen molar-refractivity contribution in [3.8, 4) is 0 Å². The third-order valence-corrected chi connectivity index (χ3v) is 3.60. The Bertz CT molecular complexity index is 536. The minimum atomic E-state index is -0.497. The highest BCUT2D eigenvalue weighted by molar-refractivity contribution is 6.30. The summed E-state index contributed by atoms with van der Waals surface area (Å²) in [5.74, 6) is -0.772. The van der Waals surface area contributed by atoms with Crippen molar-refractivity contribution in [2.75, 3.05) is 6.54 Å². The van der Waals surface area contributed by atoms with Crippen LogP contribution in [0.4, 0.5) is 4.39 Å². The summed E-state index contributed by atoms with van der Waals surface area (Å²) in [6.45, 7) is 2.23. The molecule has 1 heterocycles. The van der Waals surface area contributed by atoms with E-state index in [1.165, 1.54) is 17.0 Å². The van der Waals surface area contributed by atoms with Gasteiger partial charge >= 0.3 is 0 Å². The lowest BCUT2D eigenvalue weighted by Gasteiger charge is -2.35. The largest absolute Gasteiger partial charge is 0.345 e. The fourth-order valence-electron chi connectivity index (χ4n) is 2.29. The van der Waals surface area contributed by atoms with Crippen LogP contribution in [0, 0.1) is 5.82 Å². The van der Waals surface area contributed by atoms with E-state index in [9.17, 15) is 14.0 Å². The van der Waals surface area contributed by atoms with Gasteiger partial charge in [0, 0.05) is 6.54 Å². The van der Waals surface area contributed by atoms with E-state index in [1.54, 1.807) is 6.07 Å². The zero-order chi connectivity index (χ0) is 14.7. The average Bonchev–Trinajstić information content (AvgIpc) is 2.42. The predicted molar refractivity (Wildman–Crippen MR) is 73.7 cm³/mol. The molecule has 20 heavy (non-hydrogen) atoms. The molecule has 0 bridgehead atoms. The molecule has 1 aliphatic heterocycles. The van der Waals surface area contributed by atoms with Gasteiger partial charge in [0.2, 0.25) is 11.8 Å². The number of hydrogen-bond donors (Lipinski definition) is 1. The monoisotopic (exact) mass is 298 g/mol. The van der Waals surface area contributed by atoms with Crippen molar-refractivity contribution in [3.05, 3.63) is 34.6 Å². The lowest BCUT2D eigenvalue weighted by atomic mass is 10.1. The first-order valence-electron chi connectivity index (χ1n) is 6.54. The Morgan fingerprint density at radius 1 is 1.45 bits per heavy atom. The standard InChI is InChI=1S/C14H16ClFN2O2/c1-2-3-12-14(20)17-7-13(19)18(12)8-9-4-5-11(16)10(15)6-9/h4-6,12H,2-3,7-8H2,1H3,(H,17,20). The summed E-state index contributed by atoms with van der Waals surface area (Å²) in [5.41, 5.74) is 0.709. The van der Waals surface area contributed by atoms with E-state index in [-0.39, 0.29) is 29.9 Å². The molecule has 0 saturated carbocycles. The Labute approximate surface area is 121 Å². The van der Waals surface area contributed by atoms with Crippen LogP contribution in [-0.4, -0.2) is 29.3 Å². The molecule has 1 N–H and O–H groups in total. The number of halogens is 2. The van der Waals surface area contributed by atoms with Gasteiger partial charge < -0.3 is 10.2 Å². The van der Waals surface area contributed by atoms with E-state index in [0.29, 0.717) is 12.0 Å². The van der Waals surface area contributed by atoms with E-state index in [0.717, 1.165) is 6.42 Å². The molecule has 1 aromatic carbocycles. The van der Waals surface area contributed by atoms with E-state index in [4.69, 9.17) is 11.6 Å². The number of carbonyl (C=O) groups is 2. The van der Waals surface area contributed by atoms with Crippen LogP contribution in [0.2, 0.25) is 5.02 Å². The molecular formula is C14H16ClFN2O2. The number of carbonyl (C=O) groups excluding carboxylic acids is 2. The first-order chi connectivity index (χ1) is 9.52. The molecule has 0 aromatic heterocycles. The number of piperazine rings is 1. The molecule has 1 saturated heterocycles. The van der Waals surface area contributed by atoms with Crippen molar-refractivity contribution in [2.24, 2.45) is 0 Å². The molecule has 0 spiro atoms. The van der Waals surface area contributed by atoms with Gasteiger partial charge in [-0.3, -0.25) is 9.59 Å². The van der Waals surface area contributed by atoms with Crippen LogP contribution in [0.25, 0.3) is 0 Å². The first kappa shape index (κ1) is 14.8. The number of benzene rings is 1. The van der Waals surface area contributed by atoms with Gasteiger partial charge in [-0.15, -0.1) is 0 Å². The third kappa shape index (κ3) is 3.10. The summed E-state index contributed by atoms with van der Waals surface area (Å²) in [6, 6.07) is 3.86. The molecule has 1 atom stereocenters. The van der Waals surface area contributed by atoms with Crippen molar-refractivity contribution < 1.29 is 14.0 Å². The minimum absolute atomic E-state index is 0.00791. The molecule has 0 aliphatic carbocycles. The second-order valence-corrected chi connectivity index (χ2v) is 5.20. The SMILES string of the molecule is CCCC1C(=O)NCC(=O)N1Cc1ccc(F)c(Cl)c1. The highest BCUT2D eigenvalue weighted by Gasteiger charge is 2.33. The Morgan fingerprint density at radius 2 is 2.20 bits per heavy atom. The van der Waals surface area contributed by atoms with Crippen molar-refractivity contribution in [2.45, 2.75) is 32.4 Å². The van der Waals surface area contributed by atoms with Gasteiger partial charge in [-0.1, -0.05) is 31.0 Å². The van der Waals surface area contributed by atoms with Crippen LogP contribution in [0.15, 0.2) is 18.2 Å². The Kier molecular flexibility index (Phi) is 4.60. The molecular weight excluding hydrogens is 283 g/mol. The molecule has 1 aliphatic rings. The van der Waals surface area contributed by atoms with Crippen LogP contribution in [0.1, 0.15) is 25.3 Å². The maximum absolute atomic E-state index is 13.1. The predicted octanol–water partition coefficient (Wildman–Crippen LogP) is 2.11. The Morgan fingerprint density at radius 3 is 2.85 bits per heavy atom. The second-order valence-electron chi connectivity index (χ2n) is 4.79. The molecule has 1 fully saturated rings. The topological polar surface area (TPSA) is 49.4 Å². The van der Waals surface area contributed by atoms with Crippen molar-refractivity contribution >= 4 is 23.4 Å². The Balaban J connectivity index is 2.20. The summed E-state index contributed by atoms with van der Waals surface area (Å²) < 4.78 is 13.1. The molecule has 1 unspecified atom stereocenters. The van der Waals surface area contributed by atoms with Gasteiger partial charge in [0.05, 0.1) is 11.6 Å². The highest BCUT2D eigenvalue weighted by Crippen LogP contribution is 2.20. The molecule has 1 aromatic rings. The van der Waals surface area contributed by atoms with Gasteiger partial charge in [0.15, 0.2) is 0 Å². The first-order valence-corrected chi connectivity index (χ1v) is 6.91. The molecule has 2 amide bonds. The number of nitrogens with zero attached hydrogens (tertiary/aromatic N) is 1. The van der Waals surface area contributed by atoms with Gasteiger partial charge in [0.25, 0.3) is 0 Å². The molecule has 0 radical (unpaired) electrons. The normalized spacial score (nSPS) is 19.1. The lowest BCUT2D eigenvalue weighted by Crippen LogP contribution is -2.57. The summed E-state index contributed by atoms with van der Waals surface area (Å²) in [5, 5.41) is 2.60. The van der Waals surface area contributed by atoms with Crippen molar-refractivity contribution in [1.82, 2.24) is 10.2 Å². The van der Waals surface area contributed by atoms with Gasteiger partial charge in [-0.05, 0) is 24.1 Å². The van der Waals surface area contributed by atoms with Gasteiger partial charge in [0.1, 0.15) is 11.9 Å². The Hall–Kier alpha value is -1.62. The van der Waals surface area contributed by atoms with Gasteiger partial charge in [-0.2, -0.15) is 0 Å². The summed E-state index contributed by atoms with van der Waals surface area (Å²) >= 11 is 5.74. The fourth-order valence-corrected chi connectivity index (χ4v) is 2.49. The zero-order valence-corrected chi connectivity index (χ0v) is 11.9. The number of hydrogen-bond acceptors (Lipinski definition) is 2. The minimum Gasteiger partial charge on any atom is -0.345 e. The van der Waals surface area contributed by atoms with Crippen molar-refractivity contribution in [1.29, 1.82) is 0 Å². The summed E-state index contributed by atoms with van der Waals surface area (Å²) in [7, 11) is 0. The molecule has 108 valence electrons. The maximum Gasteiger partial charge on any atom is 0.243 e. The van der Waals surface area contributed by atoms with Crippen LogP contribution in [-0.2, 0) is 16.1 Å². The zero-order valence-electron chi connectivity index (χ0n) is 11.2. The van der Waals surface area contributed by atoms with Crippen LogP contribution in [0.3, 0.4) is 0 Å². The second kappa shape index (κ2) is 6.22. The highest BCUT2D eigenvalue weighted by atomic mass is 35.5. The number of amides is 2. The quantitative estimate of drug-likeness (QED) is 0.925. The van der Waals surface area contributed by atoms with E-state index in [2.05, 4.69) is 5.32 Å². The van der Waals surface area contributed by atoms with Crippen LogP contribution in [0.5, 0.6) is 0 Å². The van der Waals surface area contributed by atoms with Crippen LogP contribution < -0.4 is 5.32 Å². The smallest absolute Gasteiger partial charge is 0.243 e. The third-order valence-electron chi connectivity index (χ3n) is 3.31. The lowest BCUT2D eigenvalue weighted by molar-refractivity contribution is -0.146. The molecule has 6 heteroatoms. The molecule has 4 nitrogen and oxygen atoms in total. The molecule has 2 rings (SSSR count). The van der Waals surface area contributed by atoms with E-state index < -0.39 is 11.9 Å². The van der Waals surface area contributed by atoms with Gasteiger partial charge in [-0.25, -0.2) is 4.39 Å². The van der Waals surface area contributed by atoms with Crippen molar-refractivity contribution in [3.63, 3.8) is 0 Å². The maximum atomic E-state index is 13.1. The number of nitrogens with one attached hydrogen (secondary N) is 1. The average molecular weight is 299 g/mol. The van der Waals surface area contributed by atoms with E-state index >= 15 is 0 Å². The summed E-state index contributed by atoms with van der Waals surface area (Å²) in [6.07, 6.45) is 1.40. The van der Waals surface area contributed by atoms with Crippen LogP contribution >= 0.6 is 11.6 Å². The fraction of sp³-hybridized carbons (Fsp3) is 0.429. The van der Waals surface area contributed by atoms with E-state index in [1.807, 2.05) is 6.92 Å². The number of rotatable bonds is 4.